The fourth-order valence-corrected chi connectivity index (χ4v) is 3.41. The highest BCUT2D eigenvalue weighted by Gasteiger charge is 2.38. The van der Waals surface area contributed by atoms with Gasteiger partial charge < -0.3 is 10.6 Å². The van der Waals surface area contributed by atoms with Crippen LogP contribution in [0.2, 0.25) is 0 Å². The number of benzene rings is 1. The third kappa shape index (κ3) is 3.81. The number of carbonyl (C=O) groups is 3. The second-order valence-corrected chi connectivity index (χ2v) is 6.73. The van der Waals surface area contributed by atoms with E-state index < -0.39 is 6.03 Å². The zero-order valence-corrected chi connectivity index (χ0v) is 14.0. The van der Waals surface area contributed by atoms with Crippen molar-refractivity contribution in [3.8, 4) is 0 Å². The van der Waals surface area contributed by atoms with Crippen molar-refractivity contribution in [1.29, 1.82) is 0 Å². The lowest BCUT2D eigenvalue weighted by Crippen LogP contribution is -2.45. The van der Waals surface area contributed by atoms with E-state index in [-0.39, 0.29) is 42.6 Å². The van der Waals surface area contributed by atoms with E-state index in [0.717, 1.165) is 29.7 Å². The Morgan fingerprint density at radius 3 is 2.52 bits per heavy atom. The van der Waals surface area contributed by atoms with Gasteiger partial charge in [0.1, 0.15) is 5.82 Å². The molecule has 1 aliphatic heterocycles. The molecule has 25 heavy (non-hydrogen) atoms. The highest BCUT2D eigenvalue weighted by atomic mass is 19.1. The second kappa shape index (κ2) is 7.21. The topological polar surface area (TPSA) is 78.5 Å². The molecule has 0 radical (unpaired) electrons. The molecular formula is C18H22FN3O3. The van der Waals surface area contributed by atoms with Crippen LogP contribution in [-0.2, 0) is 15.0 Å². The summed E-state index contributed by atoms with van der Waals surface area (Å²) in [6.45, 7) is 0.813. The molecule has 0 bridgehead atoms. The van der Waals surface area contributed by atoms with Gasteiger partial charge in [0, 0.05) is 24.9 Å². The lowest BCUT2D eigenvalue weighted by atomic mass is 9.64. The van der Waals surface area contributed by atoms with Crippen LogP contribution < -0.4 is 10.6 Å². The Morgan fingerprint density at radius 1 is 1.24 bits per heavy atom. The van der Waals surface area contributed by atoms with Crippen LogP contribution in [0.4, 0.5) is 9.18 Å². The van der Waals surface area contributed by atoms with Gasteiger partial charge in [-0.1, -0.05) is 18.6 Å². The Balaban J connectivity index is 1.45. The molecule has 1 saturated carbocycles. The summed E-state index contributed by atoms with van der Waals surface area (Å²) in [4.78, 5) is 36.1. The highest BCUT2D eigenvalue weighted by molar-refractivity contribution is 6.01. The van der Waals surface area contributed by atoms with Gasteiger partial charge in [0.25, 0.3) is 0 Å². The van der Waals surface area contributed by atoms with E-state index in [4.69, 9.17) is 0 Å². The summed E-state index contributed by atoms with van der Waals surface area (Å²) in [6.07, 6.45) is 3.74. The smallest absolute Gasteiger partial charge is 0.324 e. The van der Waals surface area contributed by atoms with Crippen molar-refractivity contribution in [3.63, 3.8) is 0 Å². The summed E-state index contributed by atoms with van der Waals surface area (Å²) in [5.74, 6) is -0.613. The van der Waals surface area contributed by atoms with Gasteiger partial charge in [-0.05, 0) is 37.0 Å². The molecule has 2 N–H and O–H groups in total. The molecule has 0 unspecified atom stereocenters. The Labute approximate surface area is 145 Å². The highest BCUT2D eigenvalue weighted by Crippen LogP contribution is 2.43. The van der Waals surface area contributed by atoms with E-state index in [1.165, 1.54) is 12.1 Å². The van der Waals surface area contributed by atoms with Crippen molar-refractivity contribution in [3.05, 3.63) is 35.6 Å². The number of hydrogen-bond acceptors (Lipinski definition) is 3. The number of nitrogens with one attached hydrogen (secondary N) is 2. The maximum Gasteiger partial charge on any atom is 0.324 e. The number of imide groups is 1. The molecule has 1 heterocycles. The third-order valence-electron chi connectivity index (χ3n) is 5.11. The zero-order chi connectivity index (χ0) is 17.9. The summed E-state index contributed by atoms with van der Waals surface area (Å²) < 4.78 is 13.1. The number of halogens is 1. The molecule has 3 rings (SSSR count). The molecule has 4 amide bonds. The number of rotatable bonds is 7. The number of urea groups is 1. The van der Waals surface area contributed by atoms with Crippen LogP contribution in [0.3, 0.4) is 0 Å². The van der Waals surface area contributed by atoms with Gasteiger partial charge in [-0.2, -0.15) is 0 Å². The standard InChI is InChI=1S/C18H22FN3O3/c19-14-6-4-13(5-7-14)18(8-2-9-18)12-21-15(23)3-1-10-22-16(24)11-20-17(22)25/h4-7H,1-3,8-12H2,(H,20,25)(H,21,23). The van der Waals surface area contributed by atoms with E-state index in [0.29, 0.717) is 13.0 Å². The Morgan fingerprint density at radius 2 is 1.96 bits per heavy atom. The maximum atomic E-state index is 13.1. The number of carbonyl (C=O) groups excluding carboxylic acids is 3. The van der Waals surface area contributed by atoms with Crippen LogP contribution >= 0.6 is 0 Å². The van der Waals surface area contributed by atoms with E-state index >= 15 is 0 Å². The predicted molar refractivity (Wildman–Crippen MR) is 89.3 cm³/mol. The SMILES string of the molecule is O=C(CCCN1C(=O)CNC1=O)NCC1(c2ccc(F)cc2)CCC1. The molecule has 0 spiro atoms. The number of amides is 4. The number of hydrogen-bond donors (Lipinski definition) is 2. The summed E-state index contributed by atoms with van der Waals surface area (Å²) >= 11 is 0. The van der Waals surface area contributed by atoms with Gasteiger partial charge in [-0.15, -0.1) is 0 Å². The van der Waals surface area contributed by atoms with Gasteiger partial charge in [0.15, 0.2) is 0 Å². The average molecular weight is 347 g/mol. The summed E-state index contributed by atoms with van der Waals surface area (Å²) in [6, 6.07) is 6.09. The molecule has 2 aliphatic rings. The van der Waals surface area contributed by atoms with E-state index in [1.807, 2.05) is 0 Å². The predicted octanol–water partition coefficient (Wildman–Crippen LogP) is 1.70. The fourth-order valence-electron chi connectivity index (χ4n) is 3.41. The van der Waals surface area contributed by atoms with Crippen LogP contribution in [0.15, 0.2) is 24.3 Å². The molecule has 134 valence electrons. The van der Waals surface area contributed by atoms with Crippen LogP contribution in [0.1, 0.15) is 37.7 Å². The lowest BCUT2D eigenvalue weighted by Gasteiger charge is -2.42. The quantitative estimate of drug-likeness (QED) is 0.737. The largest absolute Gasteiger partial charge is 0.355 e. The zero-order valence-electron chi connectivity index (χ0n) is 14.0. The van der Waals surface area contributed by atoms with E-state index in [1.54, 1.807) is 12.1 Å². The van der Waals surface area contributed by atoms with Gasteiger partial charge in [0.05, 0.1) is 6.54 Å². The molecule has 6 nitrogen and oxygen atoms in total. The second-order valence-electron chi connectivity index (χ2n) is 6.73. The molecule has 7 heteroatoms. The summed E-state index contributed by atoms with van der Waals surface area (Å²) in [5, 5.41) is 5.40. The molecule has 0 aromatic heterocycles. The van der Waals surface area contributed by atoms with Gasteiger partial charge in [0.2, 0.25) is 11.8 Å². The number of nitrogens with zero attached hydrogens (tertiary/aromatic N) is 1. The fraction of sp³-hybridized carbons (Fsp3) is 0.500. The van der Waals surface area contributed by atoms with Crippen LogP contribution in [0, 0.1) is 5.82 Å². The van der Waals surface area contributed by atoms with Crippen molar-refractivity contribution < 1.29 is 18.8 Å². The van der Waals surface area contributed by atoms with E-state index in [2.05, 4.69) is 10.6 Å². The monoisotopic (exact) mass is 347 g/mol. The molecular weight excluding hydrogens is 325 g/mol. The molecule has 1 aromatic rings. The van der Waals surface area contributed by atoms with Crippen LogP contribution in [0.25, 0.3) is 0 Å². The molecule has 1 aromatic carbocycles. The molecule has 1 aliphatic carbocycles. The minimum absolute atomic E-state index is 0.0330. The van der Waals surface area contributed by atoms with Gasteiger partial charge >= 0.3 is 6.03 Å². The molecule has 0 atom stereocenters. The first-order chi connectivity index (χ1) is 12.0. The van der Waals surface area contributed by atoms with Crippen molar-refractivity contribution in [2.24, 2.45) is 0 Å². The van der Waals surface area contributed by atoms with E-state index in [9.17, 15) is 18.8 Å². The lowest BCUT2D eigenvalue weighted by molar-refractivity contribution is -0.126. The maximum absolute atomic E-state index is 13.1. The van der Waals surface area contributed by atoms with Crippen LogP contribution in [0.5, 0.6) is 0 Å². The Hall–Kier alpha value is -2.44. The van der Waals surface area contributed by atoms with Crippen molar-refractivity contribution in [2.45, 2.75) is 37.5 Å². The van der Waals surface area contributed by atoms with Crippen molar-refractivity contribution >= 4 is 17.8 Å². The first-order valence-electron chi connectivity index (χ1n) is 8.61. The summed E-state index contributed by atoms with van der Waals surface area (Å²) in [7, 11) is 0. The Bertz CT molecular complexity index is 655. The van der Waals surface area contributed by atoms with Crippen LogP contribution in [-0.4, -0.2) is 42.4 Å². The third-order valence-corrected chi connectivity index (χ3v) is 5.11. The van der Waals surface area contributed by atoms with Crippen molar-refractivity contribution in [2.75, 3.05) is 19.6 Å². The minimum atomic E-state index is -0.393. The molecule has 2 fully saturated rings. The average Bonchev–Trinajstić information content (AvgIpc) is 2.87. The Kier molecular flexibility index (Phi) is 5.01. The normalized spacial score (nSPS) is 18.7. The first-order valence-corrected chi connectivity index (χ1v) is 8.61. The minimum Gasteiger partial charge on any atom is -0.355 e. The summed E-state index contributed by atoms with van der Waals surface area (Å²) in [5.41, 5.74) is 0.952. The van der Waals surface area contributed by atoms with Gasteiger partial charge in [-0.25, -0.2) is 9.18 Å². The van der Waals surface area contributed by atoms with Crippen molar-refractivity contribution in [1.82, 2.24) is 15.5 Å². The first kappa shape index (κ1) is 17.4. The van der Waals surface area contributed by atoms with Gasteiger partial charge in [-0.3, -0.25) is 14.5 Å². The molecule has 1 saturated heterocycles.